The van der Waals surface area contributed by atoms with Gasteiger partial charge in [0, 0.05) is 22.5 Å². The zero-order valence-corrected chi connectivity index (χ0v) is 18.8. The van der Waals surface area contributed by atoms with E-state index < -0.39 is 22.0 Å². The number of benzene rings is 3. The molecule has 1 atom stereocenters. The molecule has 32 heavy (non-hydrogen) atoms. The van der Waals surface area contributed by atoms with Gasteiger partial charge in [0.05, 0.1) is 18.6 Å². The molecule has 1 aromatic heterocycles. The highest BCUT2D eigenvalue weighted by molar-refractivity contribution is 7.92. The highest BCUT2D eigenvalue weighted by Gasteiger charge is 2.29. The lowest BCUT2D eigenvalue weighted by molar-refractivity contribution is -0.116. The average molecular weight is 453 g/mol. The van der Waals surface area contributed by atoms with Crippen LogP contribution in [0.4, 0.5) is 11.4 Å². The van der Waals surface area contributed by atoms with Gasteiger partial charge < -0.3 is 14.5 Å². The predicted octanol–water partition coefficient (Wildman–Crippen LogP) is 4.78. The third-order valence-corrected chi connectivity index (χ3v) is 6.38. The van der Waals surface area contributed by atoms with Crippen LogP contribution in [0, 0.1) is 0 Å². The number of hydrogen-bond acceptors (Lipinski definition) is 5. The van der Waals surface area contributed by atoms with Crippen molar-refractivity contribution >= 4 is 49.2 Å². The molecule has 3 aromatic carbocycles. The molecule has 0 radical (unpaired) electrons. The Morgan fingerprint density at radius 1 is 1.03 bits per heavy atom. The van der Waals surface area contributed by atoms with Crippen molar-refractivity contribution in [3.63, 3.8) is 0 Å². The Bertz CT molecular complexity index is 1380. The van der Waals surface area contributed by atoms with E-state index in [9.17, 15) is 13.2 Å². The van der Waals surface area contributed by atoms with Gasteiger partial charge in [-0.25, -0.2) is 8.42 Å². The van der Waals surface area contributed by atoms with Crippen molar-refractivity contribution in [2.24, 2.45) is 0 Å². The quantitative estimate of drug-likeness (QED) is 0.436. The molecule has 0 saturated carbocycles. The van der Waals surface area contributed by atoms with Gasteiger partial charge in [0.25, 0.3) is 0 Å². The molecule has 0 fully saturated rings. The number of rotatable bonds is 7. The molecular weight excluding hydrogens is 428 g/mol. The van der Waals surface area contributed by atoms with Crippen LogP contribution in [0.2, 0.25) is 0 Å². The van der Waals surface area contributed by atoms with E-state index in [-0.39, 0.29) is 0 Å². The van der Waals surface area contributed by atoms with Gasteiger partial charge in [-0.1, -0.05) is 18.2 Å². The van der Waals surface area contributed by atoms with Crippen LogP contribution in [0.3, 0.4) is 0 Å². The van der Waals surface area contributed by atoms with Gasteiger partial charge in [0.2, 0.25) is 15.9 Å². The van der Waals surface area contributed by atoms with Gasteiger partial charge in [0.15, 0.2) is 0 Å². The van der Waals surface area contributed by atoms with Crippen LogP contribution >= 0.6 is 0 Å². The van der Waals surface area contributed by atoms with Gasteiger partial charge in [0.1, 0.15) is 23.0 Å². The number of ether oxygens (including phenoxy) is 1. The van der Waals surface area contributed by atoms with E-state index >= 15 is 0 Å². The molecule has 4 aromatic rings. The summed E-state index contributed by atoms with van der Waals surface area (Å²) >= 11 is 0. The summed E-state index contributed by atoms with van der Waals surface area (Å²) in [7, 11) is -3.72. The fraction of sp³-hybridized carbons (Fsp3) is 0.208. The van der Waals surface area contributed by atoms with Gasteiger partial charge >= 0.3 is 0 Å². The number of fused-ring (bicyclic) bond motifs is 3. The molecule has 1 N–H and O–H groups in total. The molecule has 1 heterocycles. The van der Waals surface area contributed by atoms with Crippen molar-refractivity contribution in [2.75, 3.05) is 22.5 Å². The second-order valence-corrected chi connectivity index (χ2v) is 9.32. The monoisotopic (exact) mass is 452 g/mol. The van der Waals surface area contributed by atoms with Crippen LogP contribution in [-0.2, 0) is 14.8 Å². The fourth-order valence-corrected chi connectivity index (χ4v) is 4.89. The third-order valence-electron chi connectivity index (χ3n) is 5.14. The summed E-state index contributed by atoms with van der Waals surface area (Å²) in [6.07, 6.45) is 1.08. The minimum Gasteiger partial charge on any atom is -0.494 e. The number of nitrogens with one attached hydrogen (secondary N) is 1. The van der Waals surface area contributed by atoms with Crippen molar-refractivity contribution in [2.45, 2.75) is 19.9 Å². The highest BCUT2D eigenvalue weighted by atomic mass is 32.2. The van der Waals surface area contributed by atoms with E-state index in [0.717, 1.165) is 26.9 Å². The maximum atomic E-state index is 13.0. The van der Waals surface area contributed by atoms with E-state index in [4.69, 9.17) is 9.15 Å². The summed E-state index contributed by atoms with van der Waals surface area (Å²) in [4.78, 5) is 13.0. The van der Waals surface area contributed by atoms with Crippen LogP contribution in [0.15, 0.2) is 71.1 Å². The Kier molecular flexibility index (Phi) is 5.80. The fourth-order valence-electron chi connectivity index (χ4n) is 3.72. The molecule has 0 aliphatic rings. The third kappa shape index (κ3) is 4.27. The molecule has 4 rings (SSSR count). The van der Waals surface area contributed by atoms with Crippen molar-refractivity contribution in [3.05, 3.63) is 66.7 Å². The standard InChI is InChI=1S/C24H24N2O5S/c1-4-30-19-12-10-18(11-13-19)26(32(3,28)29)16(2)24(27)25-17-9-14-21-20-7-5-6-8-22(20)31-23(21)15-17/h5-16H,4H2,1-3H3,(H,25,27)/t16-/m0/s1. The van der Waals surface area contributed by atoms with E-state index in [1.54, 1.807) is 43.3 Å². The van der Waals surface area contributed by atoms with Gasteiger partial charge in [-0.2, -0.15) is 0 Å². The Balaban J connectivity index is 1.59. The topological polar surface area (TPSA) is 88.8 Å². The molecule has 0 aliphatic heterocycles. The molecule has 8 heteroatoms. The molecular formula is C24H24N2O5S. The highest BCUT2D eigenvalue weighted by Crippen LogP contribution is 2.31. The summed E-state index contributed by atoms with van der Waals surface area (Å²) in [5, 5.41) is 4.74. The summed E-state index contributed by atoms with van der Waals surface area (Å²) in [5.41, 5.74) is 2.31. The second kappa shape index (κ2) is 8.55. The first-order valence-electron chi connectivity index (χ1n) is 10.2. The predicted molar refractivity (Wildman–Crippen MR) is 127 cm³/mol. The Hall–Kier alpha value is -3.52. The Labute approximate surface area is 186 Å². The number of carbonyl (C=O) groups excluding carboxylic acids is 1. The molecule has 0 aliphatic carbocycles. The molecule has 0 spiro atoms. The summed E-state index contributed by atoms with van der Waals surface area (Å²) in [6.45, 7) is 3.92. The maximum absolute atomic E-state index is 13.0. The summed E-state index contributed by atoms with van der Waals surface area (Å²) in [5.74, 6) is 0.167. The number of sulfonamides is 1. The number of hydrogen-bond donors (Lipinski definition) is 1. The van der Waals surface area contributed by atoms with Gasteiger partial charge in [-0.3, -0.25) is 9.10 Å². The number of para-hydroxylation sites is 1. The lowest BCUT2D eigenvalue weighted by Crippen LogP contribution is -2.45. The Morgan fingerprint density at radius 3 is 2.41 bits per heavy atom. The van der Waals surface area contributed by atoms with Crippen molar-refractivity contribution in [1.29, 1.82) is 0 Å². The SMILES string of the molecule is CCOc1ccc(N([C@@H](C)C(=O)Nc2ccc3c(c2)oc2ccccc23)S(C)(=O)=O)cc1. The van der Waals surface area contributed by atoms with Crippen molar-refractivity contribution < 1.29 is 22.4 Å². The number of anilines is 2. The second-order valence-electron chi connectivity index (χ2n) is 7.46. The Morgan fingerprint density at radius 2 is 1.72 bits per heavy atom. The van der Waals surface area contributed by atoms with Crippen LogP contribution in [-0.4, -0.2) is 33.2 Å². The number of furan rings is 1. The molecule has 0 unspecified atom stereocenters. The van der Waals surface area contributed by atoms with Gasteiger partial charge in [-0.05, 0) is 56.3 Å². The first-order chi connectivity index (χ1) is 15.3. The average Bonchev–Trinajstić information content (AvgIpc) is 3.12. The van der Waals surface area contributed by atoms with E-state index in [1.807, 2.05) is 37.3 Å². The molecule has 0 saturated heterocycles. The maximum Gasteiger partial charge on any atom is 0.247 e. The van der Waals surface area contributed by atoms with Crippen molar-refractivity contribution in [3.8, 4) is 5.75 Å². The minimum atomic E-state index is -3.72. The summed E-state index contributed by atoms with van der Waals surface area (Å²) < 4.78 is 37.4. The van der Waals surface area contributed by atoms with E-state index in [1.165, 1.54) is 0 Å². The lowest BCUT2D eigenvalue weighted by atomic mass is 10.1. The van der Waals surface area contributed by atoms with E-state index in [0.29, 0.717) is 29.3 Å². The molecule has 166 valence electrons. The largest absolute Gasteiger partial charge is 0.494 e. The number of nitrogens with zero attached hydrogens (tertiary/aromatic N) is 1. The number of carbonyl (C=O) groups is 1. The van der Waals surface area contributed by atoms with Crippen LogP contribution < -0.4 is 14.4 Å². The smallest absolute Gasteiger partial charge is 0.247 e. The zero-order valence-electron chi connectivity index (χ0n) is 18.0. The van der Waals surface area contributed by atoms with E-state index in [2.05, 4.69) is 5.32 Å². The lowest BCUT2D eigenvalue weighted by Gasteiger charge is -2.28. The molecule has 1 amide bonds. The molecule has 7 nitrogen and oxygen atoms in total. The minimum absolute atomic E-state index is 0.381. The van der Waals surface area contributed by atoms with Crippen LogP contribution in [0.5, 0.6) is 5.75 Å². The molecule has 0 bridgehead atoms. The first kappa shape index (κ1) is 21.7. The zero-order chi connectivity index (χ0) is 22.9. The van der Waals surface area contributed by atoms with Crippen LogP contribution in [0.25, 0.3) is 21.9 Å². The van der Waals surface area contributed by atoms with Crippen LogP contribution in [0.1, 0.15) is 13.8 Å². The number of amides is 1. The van der Waals surface area contributed by atoms with Crippen molar-refractivity contribution in [1.82, 2.24) is 0 Å². The normalized spacial score (nSPS) is 12.6. The summed E-state index contributed by atoms with van der Waals surface area (Å²) in [6, 6.07) is 18.7. The first-order valence-corrected chi connectivity index (χ1v) is 12.1. The van der Waals surface area contributed by atoms with Gasteiger partial charge in [-0.15, -0.1) is 0 Å².